The molecular weight excluding hydrogens is 400 g/mol. The number of halogens is 2. The molecule has 5 nitrogen and oxygen atoms in total. The number of Topliss-reactive ketones (excluding diaryl/α,β-unsaturated/α-hetero) is 1. The maximum Gasteiger partial charge on any atom is 0.254 e. The number of likely N-dealkylation sites (tertiary alicyclic amines) is 1. The van der Waals surface area contributed by atoms with Crippen molar-refractivity contribution in [3.05, 3.63) is 64.7 Å². The van der Waals surface area contributed by atoms with E-state index in [1.807, 2.05) is 0 Å². The highest BCUT2D eigenvalue weighted by Crippen LogP contribution is 2.26. The number of ketones is 1. The largest absolute Gasteiger partial charge is 0.339 e. The maximum atomic E-state index is 13.9. The number of hydrogen-bond donors (Lipinski definition) is 0. The number of piperidine rings is 1. The predicted octanol–water partition coefficient (Wildman–Crippen LogP) is 3.41. The first-order valence-electron chi connectivity index (χ1n) is 9.17. The quantitative estimate of drug-likeness (QED) is 0.710. The molecule has 1 fully saturated rings. The van der Waals surface area contributed by atoms with E-state index in [4.69, 9.17) is 0 Å². The van der Waals surface area contributed by atoms with Gasteiger partial charge in [0.15, 0.2) is 15.6 Å². The van der Waals surface area contributed by atoms with Crippen LogP contribution in [-0.4, -0.2) is 44.4 Å². The number of rotatable bonds is 4. The van der Waals surface area contributed by atoms with E-state index in [9.17, 15) is 26.8 Å². The fourth-order valence-corrected chi connectivity index (χ4v) is 4.13. The maximum absolute atomic E-state index is 13.9. The van der Waals surface area contributed by atoms with Gasteiger partial charge in [0.05, 0.1) is 10.5 Å². The lowest BCUT2D eigenvalue weighted by Gasteiger charge is -2.32. The lowest BCUT2D eigenvalue weighted by atomic mass is 9.88. The van der Waals surface area contributed by atoms with E-state index < -0.39 is 33.2 Å². The van der Waals surface area contributed by atoms with Crippen molar-refractivity contribution >= 4 is 21.5 Å². The van der Waals surface area contributed by atoms with Gasteiger partial charge in [-0.05, 0) is 55.7 Å². The Labute approximate surface area is 168 Å². The molecule has 0 aliphatic carbocycles. The Hall–Kier alpha value is -2.61. The van der Waals surface area contributed by atoms with Gasteiger partial charge >= 0.3 is 0 Å². The Bertz CT molecular complexity index is 1070. The van der Waals surface area contributed by atoms with E-state index in [0.717, 1.165) is 24.5 Å². The molecule has 1 amide bonds. The zero-order valence-electron chi connectivity index (χ0n) is 16.1. The van der Waals surface area contributed by atoms with Crippen molar-refractivity contribution in [2.24, 2.45) is 5.92 Å². The van der Waals surface area contributed by atoms with Crippen molar-refractivity contribution in [1.82, 2.24) is 4.90 Å². The third kappa shape index (κ3) is 4.53. The molecule has 0 aromatic heterocycles. The molecule has 1 aliphatic heterocycles. The summed E-state index contributed by atoms with van der Waals surface area (Å²) in [5.74, 6) is -2.72. The minimum Gasteiger partial charge on any atom is -0.339 e. The molecule has 0 radical (unpaired) electrons. The number of nitrogens with zero attached hydrogens (tertiary/aromatic N) is 1. The van der Waals surface area contributed by atoms with Gasteiger partial charge in [0.1, 0.15) is 11.6 Å². The molecule has 2 aromatic rings. The van der Waals surface area contributed by atoms with E-state index in [0.29, 0.717) is 24.0 Å². The molecule has 0 spiro atoms. The molecule has 0 saturated carbocycles. The lowest BCUT2D eigenvalue weighted by Crippen LogP contribution is -2.40. The molecule has 3 rings (SSSR count). The average molecular weight is 421 g/mol. The van der Waals surface area contributed by atoms with Gasteiger partial charge in [0.2, 0.25) is 0 Å². The van der Waals surface area contributed by atoms with Crippen molar-refractivity contribution in [3.8, 4) is 0 Å². The fourth-order valence-electron chi connectivity index (χ4n) is 3.48. The molecule has 0 unspecified atom stereocenters. The molecule has 1 saturated heterocycles. The van der Waals surface area contributed by atoms with Crippen molar-refractivity contribution < 1.29 is 26.8 Å². The highest BCUT2D eigenvalue weighted by atomic mass is 32.2. The Morgan fingerprint density at radius 2 is 1.66 bits per heavy atom. The third-order valence-electron chi connectivity index (χ3n) is 5.21. The average Bonchev–Trinajstić information content (AvgIpc) is 2.68. The molecule has 0 bridgehead atoms. The number of hydrogen-bond acceptors (Lipinski definition) is 4. The van der Waals surface area contributed by atoms with Crippen LogP contribution in [0.3, 0.4) is 0 Å². The topological polar surface area (TPSA) is 71.5 Å². The van der Waals surface area contributed by atoms with E-state index in [1.165, 1.54) is 12.1 Å². The van der Waals surface area contributed by atoms with Gasteiger partial charge in [-0.15, -0.1) is 0 Å². The summed E-state index contributed by atoms with van der Waals surface area (Å²) in [7, 11) is -3.45. The van der Waals surface area contributed by atoms with Crippen molar-refractivity contribution in [2.75, 3.05) is 19.3 Å². The van der Waals surface area contributed by atoms with Crippen LogP contribution in [0.1, 0.15) is 39.1 Å². The van der Waals surface area contributed by atoms with Crippen molar-refractivity contribution in [1.29, 1.82) is 0 Å². The van der Waals surface area contributed by atoms with Crippen LogP contribution in [-0.2, 0) is 9.84 Å². The second-order valence-electron chi connectivity index (χ2n) is 7.30. The van der Waals surface area contributed by atoms with Gasteiger partial charge in [0, 0.05) is 30.8 Å². The fraction of sp³-hybridized carbons (Fsp3) is 0.333. The summed E-state index contributed by atoms with van der Waals surface area (Å²) in [5, 5.41) is 0. The number of benzene rings is 2. The Balaban J connectivity index is 1.73. The van der Waals surface area contributed by atoms with E-state index >= 15 is 0 Å². The molecule has 29 heavy (non-hydrogen) atoms. The lowest BCUT2D eigenvalue weighted by molar-refractivity contribution is 0.0648. The van der Waals surface area contributed by atoms with Gasteiger partial charge in [-0.3, -0.25) is 9.59 Å². The van der Waals surface area contributed by atoms with E-state index in [1.54, 1.807) is 17.9 Å². The smallest absolute Gasteiger partial charge is 0.254 e. The summed E-state index contributed by atoms with van der Waals surface area (Å²) in [6.07, 6.45) is 1.73. The van der Waals surface area contributed by atoms with Crippen molar-refractivity contribution in [2.45, 2.75) is 24.7 Å². The Morgan fingerprint density at radius 3 is 2.28 bits per heavy atom. The van der Waals surface area contributed by atoms with Crippen LogP contribution in [0.4, 0.5) is 8.78 Å². The summed E-state index contributed by atoms with van der Waals surface area (Å²) in [4.78, 5) is 27.1. The SMILES string of the molecule is Cc1ccc(S(C)(=O)=O)cc1C(=O)N1CCC(C(=O)c2cc(F)ccc2F)CC1. The van der Waals surface area contributed by atoms with Gasteiger partial charge in [-0.25, -0.2) is 17.2 Å². The van der Waals surface area contributed by atoms with Gasteiger partial charge in [-0.1, -0.05) is 6.07 Å². The van der Waals surface area contributed by atoms with Gasteiger partial charge in [-0.2, -0.15) is 0 Å². The number of carbonyl (C=O) groups is 2. The summed E-state index contributed by atoms with van der Waals surface area (Å²) in [5.41, 5.74) is 0.683. The van der Waals surface area contributed by atoms with E-state index in [-0.39, 0.29) is 29.5 Å². The van der Waals surface area contributed by atoms with Crippen LogP contribution < -0.4 is 0 Å². The van der Waals surface area contributed by atoms with Crippen LogP contribution in [0.2, 0.25) is 0 Å². The molecule has 8 heteroatoms. The Morgan fingerprint density at radius 1 is 1.00 bits per heavy atom. The minimum atomic E-state index is -3.45. The number of sulfone groups is 1. The first kappa shape index (κ1) is 21.1. The van der Waals surface area contributed by atoms with Crippen LogP contribution >= 0.6 is 0 Å². The highest BCUT2D eigenvalue weighted by molar-refractivity contribution is 7.90. The zero-order valence-corrected chi connectivity index (χ0v) is 16.9. The van der Waals surface area contributed by atoms with Crippen LogP contribution in [0.15, 0.2) is 41.3 Å². The Kier molecular flexibility index (Phi) is 5.84. The van der Waals surface area contributed by atoms with E-state index in [2.05, 4.69) is 0 Å². The second-order valence-corrected chi connectivity index (χ2v) is 9.32. The normalized spacial score (nSPS) is 15.4. The molecule has 1 aliphatic rings. The molecule has 154 valence electrons. The molecule has 0 atom stereocenters. The van der Waals surface area contributed by atoms with Crippen LogP contribution in [0, 0.1) is 24.5 Å². The molecular formula is C21H21F2NO4S. The summed E-state index contributed by atoms with van der Waals surface area (Å²) >= 11 is 0. The van der Waals surface area contributed by atoms with Crippen molar-refractivity contribution in [3.63, 3.8) is 0 Å². The minimum absolute atomic E-state index is 0.0677. The molecule has 1 heterocycles. The zero-order chi connectivity index (χ0) is 21.3. The molecule has 0 N–H and O–H groups in total. The predicted molar refractivity (Wildman–Crippen MR) is 104 cm³/mol. The summed E-state index contributed by atoms with van der Waals surface area (Å²) in [6.45, 7) is 2.27. The number of amides is 1. The summed E-state index contributed by atoms with van der Waals surface area (Å²) < 4.78 is 50.8. The third-order valence-corrected chi connectivity index (χ3v) is 6.32. The first-order chi connectivity index (χ1) is 13.6. The second kappa shape index (κ2) is 8.02. The summed E-state index contributed by atoms with van der Waals surface area (Å²) in [6, 6.07) is 7.20. The van der Waals surface area contributed by atoms with Crippen LogP contribution in [0.5, 0.6) is 0 Å². The van der Waals surface area contributed by atoms with Gasteiger partial charge in [0.25, 0.3) is 5.91 Å². The number of aryl methyl sites for hydroxylation is 1. The molecule has 2 aromatic carbocycles. The number of carbonyl (C=O) groups excluding carboxylic acids is 2. The first-order valence-corrected chi connectivity index (χ1v) is 11.1. The standard InChI is InChI=1S/C21H21F2NO4S/c1-13-3-5-16(29(2,27)28)12-17(13)21(26)24-9-7-14(8-10-24)20(25)18-11-15(22)4-6-19(18)23/h3-6,11-12,14H,7-10H2,1-2H3. The monoisotopic (exact) mass is 421 g/mol. The highest BCUT2D eigenvalue weighted by Gasteiger charge is 2.30. The van der Waals surface area contributed by atoms with Crippen LogP contribution in [0.25, 0.3) is 0 Å². The van der Waals surface area contributed by atoms with Gasteiger partial charge < -0.3 is 4.90 Å².